The van der Waals surface area contributed by atoms with Crippen molar-refractivity contribution in [1.29, 1.82) is 0 Å². The van der Waals surface area contributed by atoms with Gasteiger partial charge in [0, 0.05) is 75.1 Å². The van der Waals surface area contributed by atoms with Crippen molar-refractivity contribution in [3.63, 3.8) is 0 Å². The van der Waals surface area contributed by atoms with E-state index in [1.165, 1.54) is 27.7 Å². The second-order valence-corrected chi connectivity index (χ2v) is 17.4. The van der Waals surface area contributed by atoms with Crippen LogP contribution in [0.1, 0.15) is 70.6 Å². The fourth-order valence-electron chi connectivity index (χ4n) is 7.93. The number of hydrogen-bond donors (Lipinski definition) is 12. The van der Waals surface area contributed by atoms with Gasteiger partial charge in [-0.2, -0.15) is 0 Å². The summed E-state index contributed by atoms with van der Waals surface area (Å²) in [5.74, 6) is -13.1. The minimum atomic E-state index is -1.37. The zero-order valence-electron chi connectivity index (χ0n) is 42.1. The zero-order valence-corrected chi connectivity index (χ0v) is 42.1. The number of rotatable bonds is 28. The molecule has 0 bridgehead atoms. The van der Waals surface area contributed by atoms with Crippen molar-refractivity contribution in [2.24, 2.45) is 0 Å². The second kappa shape index (κ2) is 26.8. The van der Waals surface area contributed by atoms with Crippen molar-refractivity contribution in [3.05, 3.63) is 111 Å². The van der Waals surface area contributed by atoms with Crippen molar-refractivity contribution in [3.8, 4) is 23.0 Å². The van der Waals surface area contributed by atoms with Crippen molar-refractivity contribution in [1.82, 2.24) is 49.3 Å². The van der Waals surface area contributed by atoms with Crippen molar-refractivity contribution in [2.45, 2.75) is 60.3 Å². The first kappa shape index (κ1) is 60.2. The number of amides is 4. The molecule has 416 valence electrons. The van der Waals surface area contributed by atoms with Crippen LogP contribution in [0.4, 0.5) is 0 Å². The number of carbonyl (C=O) groups excluding carboxylic acids is 4. The highest BCUT2D eigenvalue weighted by Gasteiger charge is 2.24. The van der Waals surface area contributed by atoms with Crippen LogP contribution in [-0.4, -0.2) is 182 Å². The summed E-state index contributed by atoms with van der Waals surface area (Å²) in [6.07, 6.45) is 0.261. The van der Waals surface area contributed by atoms with Gasteiger partial charge in [-0.3, -0.25) is 85.6 Å². The highest BCUT2D eigenvalue weighted by atomic mass is 16.4. The number of aryl methyl sites for hydroxylation is 4. The van der Waals surface area contributed by atoms with Gasteiger partial charge in [0.2, 0.25) is 0 Å². The van der Waals surface area contributed by atoms with Crippen LogP contribution in [0, 0.1) is 27.7 Å². The lowest BCUT2D eigenvalue weighted by Crippen LogP contribution is -2.43. The molecular weight excluding hydrogens is 1020 g/mol. The summed E-state index contributed by atoms with van der Waals surface area (Å²) in [6.45, 7) is 2.20. The van der Waals surface area contributed by atoms with Crippen LogP contribution in [0.2, 0.25) is 0 Å². The van der Waals surface area contributed by atoms with E-state index in [0.717, 1.165) is 42.5 Å². The molecule has 77 heavy (non-hydrogen) atoms. The topological polar surface area (TPSA) is 441 Å². The SMILES string of the molecule is Cc1cc(C(=O)NCCN(CCCN(CCNC(=O)c2cc(C)n(CC(=O)O)c(=O)c2O)CCNC(=O)c2cc(C)n(CC(=O)O)c(=O)c2O)CCNC(=O)c2cc(C)n(CC(=O)O)c(=O)c2O)c(O)c(=O)n1CC(=O)O. The molecule has 0 aliphatic carbocycles. The van der Waals surface area contributed by atoms with E-state index in [2.05, 4.69) is 21.3 Å². The van der Waals surface area contributed by atoms with E-state index < -0.39 is 141 Å². The number of aliphatic carboxylic acids is 4. The predicted octanol–water partition coefficient (Wildman–Crippen LogP) is -3.26. The first-order valence-corrected chi connectivity index (χ1v) is 23.3. The third kappa shape index (κ3) is 15.8. The molecule has 0 aromatic carbocycles. The third-order valence-corrected chi connectivity index (χ3v) is 11.9. The quantitative estimate of drug-likeness (QED) is 0.0266. The molecule has 4 rings (SSSR count). The van der Waals surface area contributed by atoms with Crippen LogP contribution < -0.4 is 43.5 Å². The maximum Gasteiger partial charge on any atom is 0.323 e. The Balaban J connectivity index is 1.55. The Kier molecular flexibility index (Phi) is 20.9. The van der Waals surface area contributed by atoms with E-state index in [-0.39, 0.29) is 94.6 Å². The summed E-state index contributed by atoms with van der Waals surface area (Å²) in [7, 11) is 0. The highest BCUT2D eigenvalue weighted by molar-refractivity contribution is 5.98. The van der Waals surface area contributed by atoms with Crippen LogP contribution in [0.3, 0.4) is 0 Å². The number of nitrogens with zero attached hydrogens (tertiary/aromatic N) is 6. The van der Waals surface area contributed by atoms with Gasteiger partial charge in [-0.1, -0.05) is 0 Å². The zero-order chi connectivity index (χ0) is 57.6. The van der Waals surface area contributed by atoms with E-state index in [1.807, 2.05) is 0 Å². The number of carbonyl (C=O) groups is 8. The Morgan fingerprint density at radius 2 is 0.571 bits per heavy atom. The predicted molar refractivity (Wildman–Crippen MR) is 266 cm³/mol. The molecule has 30 heteroatoms. The van der Waals surface area contributed by atoms with E-state index in [0.29, 0.717) is 0 Å². The Morgan fingerprint density at radius 1 is 0.377 bits per heavy atom. The molecule has 0 unspecified atom stereocenters. The molecule has 0 aliphatic heterocycles. The van der Waals surface area contributed by atoms with Gasteiger partial charge in [0.05, 0.1) is 22.3 Å². The Morgan fingerprint density at radius 3 is 0.753 bits per heavy atom. The average Bonchev–Trinajstić information content (AvgIpc) is 3.35. The molecule has 0 spiro atoms. The fraction of sp³-hybridized carbons (Fsp3) is 0.404. The summed E-state index contributed by atoms with van der Waals surface area (Å²) in [5, 5.41) is 89.1. The van der Waals surface area contributed by atoms with Crippen molar-refractivity contribution >= 4 is 47.5 Å². The first-order chi connectivity index (χ1) is 36.1. The summed E-state index contributed by atoms with van der Waals surface area (Å²) < 4.78 is 3.03. The minimum absolute atomic E-state index is 0.0292. The van der Waals surface area contributed by atoms with Crippen molar-refractivity contribution < 1.29 is 79.2 Å². The summed E-state index contributed by atoms with van der Waals surface area (Å²) in [4.78, 5) is 152. The Bertz CT molecular complexity index is 2810. The highest BCUT2D eigenvalue weighted by Crippen LogP contribution is 2.17. The molecule has 0 fully saturated rings. The minimum Gasteiger partial charge on any atom is -0.502 e. The van der Waals surface area contributed by atoms with Gasteiger partial charge in [0.25, 0.3) is 45.9 Å². The molecule has 30 nitrogen and oxygen atoms in total. The number of carboxylic acid groups (broad SMARTS) is 4. The van der Waals surface area contributed by atoms with Gasteiger partial charge in [-0.05, 0) is 71.5 Å². The average molecular weight is 1080 g/mol. The number of carboxylic acids is 4. The molecular formula is C47H58N10O20. The number of aromatic nitrogens is 4. The van der Waals surface area contributed by atoms with Crippen LogP contribution in [0.5, 0.6) is 23.0 Å². The third-order valence-electron chi connectivity index (χ3n) is 11.9. The Labute approximate surface area is 434 Å². The van der Waals surface area contributed by atoms with Gasteiger partial charge in [-0.25, -0.2) is 0 Å². The monoisotopic (exact) mass is 1080 g/mol. The van der Waals surface area contributed by atoms with Crippen LogP contribution in [-0.2, 0) is 45.4 Å². The maximum absolute atomic E-state index is 13.2. The molecule has 0 saturated heterocycles. The lowest BCUT2D eigenvalue weighted by Gasteiger charge is -2.26. The number of pyridine rings is 4. The van der Waals surface area contributed by atoms with Gasteiger partial charge in [0.1, 0.15) is 26.2 Å². The largest absolute Gasteiger partial charge is 0.502 e. The molecule has 4 heterocycles. The van der Waals surface area contributed by atoms with E-state index in [1.54, 1.807) is 9.80 Å². The normalized spacial score (nSPS) is 11.1. The van der Waals surface area contributed by atoms with Crippen LogP contribution in [0.15, 0.2) is 43.4 Å². The van der Waals surface area contributed by atoms with Crippen LogP contribution in [0.25, 0.3) is 0 Å². The van der Waals surface area contributed by atoms with Gasteiger partial charge < -0.3 is 62.1 Å². The van der Waals surface area contributed by atoms with E-state index >= 15 is 0 Å². The maximum atomic E-state index is 13.2. The number of aromatic hydroxyl groups is 4. The lowest BCUT2D eigenvalue weighted by molar-refractivity contribution is -0.138. The smallest absolute Gasteiger partial charge is 0.323 e. The molecule has 0 aliphatic rings. The van der Waals surface area contributed by atoms with E-state index in [9.17, 15) is 98.4 Å². The summed E-state index contributed by atoms with van der Waals surface area (Å²) >= 11 is 0. The number of nitrogens with one attached hydrogen (secondary N) is 4. The molecule has 0 radical (unpaired) electrons. The van der Waals surface area contributed by atoms with E-state index in [4.69, 9.17) is 0 Å². The van der Waals surface area contributed by atoms with Crippen molar-refractivity contribution in [2.75, 3.05) is 65.4 Å². The van der Waals surface area contributed by atoms with Gasteiger partial charge >= 0.3 is 23.9 Å². The van der Waals surface area contributed by atoms with Gasteiger partial charge in [0.15, 0.2) is 23.0 Å². The number of hydrogen-bond acceptors (Lipinski definition) is 18. The molecule has 4 aromatic heterocycles. The van der Waals surface area contributed by atoms with Gasteiger partial charge in [-0.15, -0.1) is 0 Å². The molecule has 4 aromatic rings. The summed E-state index contributed by atoms with van der Waals surface area (Å²) in [5.41, 5.74) is -5.99. The molecule has 0 atom stereocenters. The van der Waals surface area contributed by atoms with Crippen LogP contribution >= 0.6 is 0 Å². The lowest BCUT2D eigenvalue weighted by atomic mass is 10.2. The Hall–Kier alpha value is -9.32. The summed E-state index contributed by atoms with van der Waals surface area (Å²) in [6, 6.07) is 4.51. The standard InChI is InChI=1S/C47H58N10O20/c1-24-16-28(36(66)44(74)54(24)20-32(58)59)40(70)48-6-12-52(13-7-49-41(71)29-17-25(2)55(21-33(60)61)45(75)37(29)67)10-5-11-53(14-8-50-42(72)30-18-26(3)56(22-34(62)63)46(76)38(30)68)15-9-51-43(73)31-19-27(4)57(23-35(64)65)47(77)39(31)69/h16-19,66-69H,5-15,20-23H2,1-4H3,(H,48,70)(H,49,71)(H,50,72)(H,51,73)(H,58,59)(H,60,61)(H,62,63)(H,64,65). The first-order valence-electron chi connectivity index (χ1n) is 23.3. The molecule has 4 amide bonds. The fourth-order valence-corrected chi connectivity index (χ4v) is 7.93. The molecule has 0 saturated carbocycles. The molecule has 12 N–H and O–H groups in total. The second-order valence-electron chi connectivity index (χ2n) is 17.4.